The maximum atomic E-state index is 13.1. The van der Waals surface area contributed by atoms with Crippen LogP contribution in [0.3, 0.4) is 0 Å². The van der Waals surface area contributed by atoms with Crippen LogP contribution < -0.4 is 0 Å². The van der Waals surface area contributed by atoms with Gasteiger partial charge in [0.05, 0.1) is 5.60 Å². The second kappa shape index (κ2) is 4.99. The summed E-state index contributed by atoms with van der Waals surface area (Å²) in [7, 11) is 0. The van der Waals surface area contributed by atoms with Gasteiger partial charge in [0.25, 0.3) is 0 Å². The van der Waals surface area contributed by atoms with Gasteiger partial charge in [-0.2, -0.15) is 0 Å². The van der Waals surface area contributed by atoms with E-state index in [1.807, 2.05) is 0 Å². The molecule has 1 aromatic rings. The van der Waals surface area contributed by atoms with Crippen molar-refractivity contribution >= 4 is 11.6 Å². The molecule has 0 aliphatic heterocycles. The highest BCUT2D eigenvalue weighted by atomic mass is 35.5. The summed E-state index contributed by atoms with van der Waals surface area (Å²) in [6.07, 6.45) is 3.08. The lowest BCUT2D eigenvalue weighted by Gasteiger charge is -2.49. The van der Waals surface area contributed by atoms with Gasteiger partial charge in [-0.3, -0.25) is 0 Å². The molecule has 0 saturated heterocycles. The van der Waals surface area contributed by atoms with E-state index in [2.05, 4.69) is 27.7 Å². The predicted octanol–water partition coefficient (Wildman–Crippen LogP) is 4.99. The molecule has 0 amide bonds. The van der Waals surface area contributed by atoms with Crippen LogP contribution in [-0.4, -0.2) is 10.7 Å². The summed E-state index contributed by atoms with van der Waals surface area (Å²) in [4.78, 5) is 0. The van der Waals surface area contributed by atoms with Gasteiger partial charge in [-0.05, 0) is 47.8 Å². The fourth-order valence-corrected chi connectivity index (χ4v) is 4.64. The summed E-state index contributed by atoms with van der Waals surface area (Å²) in [5.74, 6) is -0.338. The molecule has 1 saturated carbocycles. The molecule has 1 nitrogen and oxygen atoms in total. The molecule has 1 fully saturated rings. The number of benzene rings is 1. The largest absolute Gasteiger partial charge is 0.390 e. The third kappa shape index (κ3) is 3.73. The van der Waals surface area contributed by atoms with E-state index in [0.717, 1.165) is 24.8 Å². The van der Waals surface area contributed by atoms with Crippen molar-refractivity contribution in [3.63, 3.8) is 0 Å². The van der Waals surface area contributed by atoms with Gasteiger partial charge in [0.2, 0.25) is 0 Å². The van der Waals surface area contributed by atoms with Crippen LogP contribution in [0.2, 0.25) is 5.02 Å². The fourth-order valence-electron chi connectivity index (χ4n) is 4.41. The van der Waals surface area contributed by atoms with Gasteiger partial charge >= 0.3 is 0 Å². The van der Waals surface area contributed by atoms with Crippen LogP contribution in [0, 0.1) is 16.6 Å². The number of rotatable bonds is 2. The number of halogens is 2. The molecular weight excluding hydrogens is 275 g/mol. The summed E-state index contributed by atoms with van der Waals surface area (Å²) in [5.41, 5.74) is 0.253. The Morgan fingerprint density at radius 3 is 2.15 bits per heavy atom. The predicted molar refractivity (Wildman–Crippen MR) is 81.5 cm³/mol. The van der Waals surface area contributed by atoms with Crippen LogP contribution in [-0.2, 0) is 6.42 Å². The molecule has 1 aromatic carbocycles. The Labute approximate surface area is 126 Å². The van der Waals surface area contributed by atoms with Crippen LogP contribution in [0.15, 0.2) is 18.2 Å². The zero-order valence-corrected chi connectivity index (χ0v) is 13.5. The highest BCUT2D eigenvalue weighted by Crippen LogP contribution is 2.51. The highest BCUT2D eigenvalue weighted by molar-refractivity contribution is 6.31. The molecule has 0 heterocycles. The first kappa shape index (κ1) is 15.8. The first-order valence-electron chi connectivity index (χ1n) is 7.17. The van der Waals surface area contributed by atoms with E-state index in [4.69, 9.17) is 11.6 Å². The molecule has 0 spiro atoms. The summed E-state index contributed by atoms with van der Waals surface area (Å²) in [6.45, 7) is 8.80. The second-order valence-electron chi connectivity index (χ2n) is 8.00. The lowest BCUT2D eigenvalue weighted by Crippen LogP contribution is -2.47. The molecule has 0 unspecified atom stereocenters. The Balaban J connectivity index is 2.26. The number of hydrogen-bond donors (Lipinski definition) is 1. The van der Waals surface area contributed by atoms with Gasteiger partial charge in [-0.15, -0.1) is 0 Å². The molecule has 20 heavy (non-hydrogen) atoms. The first-order valence-corrected chi connectivity index (χ1v) is 7.55. The zero-order valence-electron chi connectivity index (χ0n) is 12.8. The van der Waals surface area contributed by atoms with Crippen LogP contribution in [0.25, 0.3) is 0 Å². The van der Waals surface area contributed by atoms with E-state index < -0.39 is 5.60 Å². The van der Waals surface area contributed by atoms with E-state index in [9.17, 15) is 9.50 Å². The zero-order chi connectivity index (χ0) is 15.2. The molecule has 0 atom stereocenters. The molecule has 2 rings (SSSR count). The normalized spacial score (nSPS) is 23.6. The van der Waals surface area contributed by atoms with Crippen molar-refractivity contribution in [2.75, 3.05) is 0 Å². The Bertz CT molecular complexity index is 492. The number of aliphatic hydroxyl groups is 1. The van der Waals surface area contributed by atoms with Gasteiger partial charge in [-0.1, -0.05) is 45.4 Å². The Hall–Kier alpha value is -0.600. The van der Waals surface area contributed by atoms with Crippen molar-refractivity contribution < 1.29 is 9.50 Å². The molecule has 0 bridgehead atoms. The monoisotopic (exact) mass is 298 g/mol. The molecule has 0 aromatic heterocycles. The summed E-state index contributed by atoms with van der Waals surface area (Å²) >= 11 is 6.10. The molecule has 1 aliphatic carbocycles. The van der Waals surface area contributed by atoms with Gasteiger partial charge in [-0.25, -0.2) is 4.39 Å². The summed E-state index contributed by atoms with van der Waals surface area (Å²) in [5, 5.41) is 11.4. The maximum absolute atomic E-state index is 13.1. The van der Waals surface area contributed by atoms with Gasteiger partial charge in [0.15, 0.2) is 0 Å². The molecule has 0 radical (unpaired) electrons. The molecule has 112 valence electrons. The average molecular weight is 299 g/mol. The smallest absolute Gasteiger partial charge is 0.124 e. The molecule has 1 N–H and O–H groups in total. The van der Waals surface area contributed by atoms with E-state index in [0.29, 0.717) is 11.4 Å². The second-order valence-corrected chi connectivity index (χ2v) is 8.40. The summed E-state index contributed by atoms with van der Waals surface area (Å²) in [6, 6.07) is 4.41. The fraction of sp³-hybridized carbons (Fsp3) is 0.647. The van der Waals surface area contributed by atoms with Crippen molar-refractivity contribution in [2.24, 2.45) is 10.8 Å². The van der Waals surface area contributed by atoms with Crippen molar-refractivity contribution in [2.45, 2.75) is 59.0 Å². The Morgan fingerprint density at radius 1 is 1.10 bits per heavy atom. The molecular formula is C17H24ClFO. The highest BCUT2D eigenvalue weighted by Gasteiger charge is 2.46. The third-order valence-corrected chi connectivity index (χ3v) is 4.46. The van der Waals surface area contributed by atoms with Crippen LogP contribution >= 0.6 is 11.6 Å². The lowest BCUT2D eigenvalue weighted by atomic mass is 9.58. The molecule has 1 aliphatic rings. The average Bonchev–Trinajstić information content (AvgIpc) is 2.16. The maximum Gasteiger partial charge on any atom is 0.124 e. The van der Waals surface area contributed by atoms with Gasteiger partial charge < -0.3 is 5.11 Å². The molecule has 3 heteroatoms. The van der Waals surface area contributed by atoms with Gasteiger partial charge in [0, 0.05) is 11.4 Å². The quantitative estimate of drug-likeness (QED) is 0.815. The standard InChI is InChI=1S/C17H24ClFO/c1-15(2)9-16(3,4)11-17(20,10-15)8-12-5-6-13(19)7-14(12)18/h5-7,20H,8-11H2,1-4H3. The minimum Gasteiger partial charge on any atom is -0.390 e. The van der Waals surface area contributed by atoms with E-state index >= 15 is 0 Å². The van der Waals surface area contributed by atoms with E-state index in [1.54, 1.807) is 6.07 Å². The van der Waals surface area contributed by atoms with Crippen molar-refractivity contribution in [1.29, 1.82) is 0 Å². The van der Waals surface area contributed by atoms with Crippen LogP contribution in [0.4, 0.5) is 4.39 Å². The van der Waals surface area contributed by atoms with E-state index in [-0.39, 0.29) is 16.6 Å². The van der Waals surface area contributed by atoms with Gasteiger partial charge in [0.1, 0.15) is 5.82 Å². The lowest BCUT2D eigenvalue weighted by molar-refractivity contribution is -0.0850. The minimum absolute atomic E-state index is 0.100. The minimum atomic E-state index is -0.771. The topological polar surface area (TPSA) is 20.2 Å². The summed E-state index contributed by atoms with van der Waals surface area (Å²) < 4.78 is 13.1. The van der Waals surface area contributed by atoms with Crippen molar-refractivity contribution in [3.8, 4) is 0 Å². The van der Waals surface area contributed by atoms with Crippen molar-refractivity contribution in [3.05, 3.63) is 34.6 Å². The third-order valence-electron chi connectivity index (χ3n) is 4.11. The van der Waals surface area contributed by atoms with Crippen molar-refractivity contribution in [1.82, 2.24) is 0 Å². The van der Waals surface area contributed by atoms with Crippen LogP contribution in [0.1, 0.15) is 52.5 Å². The first-order chi connectivity index (χ1) is 9.00. The Morgan fingerprint density at radius 2 is 1.65 bits per heavy atom. The number of hydrogen-bond acceptors (Lipinski definition) is 1. The van der Waals surface area contributed by atoms with Crippen LogP contribution in [0.5, 0.6) is 0 Å². The Kier molecular flexibility index (Phi) is 3.94. The SMILES string of the molecule is CC1(C)CC(C)(C)CC(O)(Cc2ccc(F)cc2Cl)C1. The van der Waals surface area contributed by atoms with E-state index in [1.165, 1.54) is 12.1 Å².